The molecule has 0 N–H and O–H groups in total. The highest BCUT2D eigenvalue weighted by Gasteiger charge is 2.29. The molecule has 2 amide bonds. The highest BCUT2D eigenvalue weighted by Crippen LogP contribution is 2.19. The number of rotatable bonds is 5. The number of carbonyl (C=O) groups excluding carboxylic acids is 3. The van der Waals surface area contributed by atoms with Gasteiger partial charge in [0, 0.05) is 31.4 Å². The average Bonchev–Trinajstić information content (AvgIpc) is 2.42. The molecule has 0 unspecified atom stereocenters. The molecular formula is C16H19NO3. The summed E-state index contributed by atoms with van der Waals surface area (Å²) in [6, 6.07) is 9.07. The Kier molecular flexibility index (Phi) is 4.66. The quantitative estimate of drug-likeness (QED) is 0.611. The van der Waals surface area contributed by atoms with Crippen LogP contribution in [0.5, 0.6) is 0 Å². The Labute approximate surface area is 118 Å². The van der Waals surface area contributed by atoms with E-state index >= 15 is 0 Å². The SMILES string of the molecule is CC1CC(=O)N(CCCC(=O)c2ccccc2)C(=O)C1. The van der Waals surface area contributed by atoms with Gasteiger partial charge in [-0.1, -0.05) is 37.3 Å². The maximum Gasteiger partial charge on any atom is 0.229 e. The number of amides is 2. The van der Waals surface area contributed by atoms with Gasteiger partial charge in [0.2, 0.25) is 11.8 Å². The highest BCUT2D eigenvalue weighted by molar-refractivity contribution is 5.98. The number of carbonyl (C=O) groups is 3. The van der Waals surface area contributed by atoms with E-state index in [0.29, 0.717) is 37.8 Å². The first-order valence-corrected chi connectivity index (χ1v) is 6.99. The van der Waals surface area contributed by atoms with E-state index in [1.807, 2.05) is 25.1 Å². The van der Waals surface area contributed by atoms with Gasteiger partial charge >= 0.3 is 0 Å². The van der Waals surface area contributed by atoms with Gasteiger partial charge < -0.3 is 0 Å². The monoisotopic (exact) mass is 273 g/mol. The number of likely N-dealkylation sites (tertiary alicyclic amines) is 1. The Bertz CT molecular complexity index is 492. The third-order valence-electron chi connectivity index (χ3n) is 3.53. The minimum atomic E-state index is -0.110. The van der Waals surface area contributed by atoms with Crippen molar-refractivity contribution in [2.45, 2.75) is 32.6 Å². The zero-order valence-corrected chi connectivity index (χ0v) is 11.7. The van der Waals surface area contributed by atoms with Crippen molar-refractivity contribution < 1.29 is 14.4 Å². The second-order valence-corrected chi connectivity index (χ2v) is 5.35. The topological polar surface area (TPSA) is 54.5 Å². The van der Waals surface area contributed by atoms with Gasteiger partial charge in [0.25, 0.3) is 0 Å². The molecule has 0 aromatic heterocycles. The lowest BCUT2D eigenvalue weighted by Gasteiger charge is -2.28. The van der Waals surface area contributed by atoms with E-state index < -0.39 is 0 Å². The average molecular weight is 273 g/mol. The first-order valence-electron chi connectivity index (χ1n) is 6.99. The zero-order valence-electron chi connectivity index (χ0n) is 11.7. The van der Waals surface area contributed by atoms with Crippen LogP contribution < -0.4 is 0 Å². The number of benzene rings is 1. The molecule has 1 heterocycles. The highest BCUT2D eigenvalue weighted by atomic mass is 16.2. The fourth-order valence-corrected chi connectivity index (χ4v) is 2.44. The number of Topliss-reactive ketones (excluding diaryl/α,β-unsaturated/α-hetero) is 1. The van der Waals surface area contributed by atoms with Crippen LogP contribution in [0.3, 0.4) is 0 Å². The molecule has 0 bridgehead atoms. The predicted octanol–water partition coefficient (Wildman–Crippen LogP) is 2.43. The van der Waals surface area contributed by atoms with Crippen LogP contribution in [0.2, 0.25) is 0 Å². The van der Waals surface area contributed by atoms with Crippen LogP contribution in [-0.2, 0) is 9.59 Å². The molecule has 2 rings (SSSR count). The Balaban J connectivity index is 1.82. The number of piperidine rings is 1. The maximum atomic E-state index is 11.9. The van der Waals surface area contributed by atoms with Crippen molar-refractivity contribution in [1.29, 1.82) is 0 Å². The van der Waals surface area contributed by atoms with E-state index in [1.165, 1.54) is 4.90 Å². The molecule has 0 spiro atoms. The number of imide groups is 1. The molecule has 1 aromatic rings. The maximum absolute atomic E-state index is 11.9. The Morgan fingerprint density at radius 2 is 1.75 bits per heavy atom. The molecule has 0 aliphatic carbocycles. The summed E-state index contributed by atoms with van der Waals surface area (Å²) >= 11 is 0. The van der Waals surface area contributed by atoms with E-state index in [1.54, 1.807) is 12.1 Å². The third kappa shape index (κ3) is 3.53. The molecule has 1 fully saturated rings. The van der Waals surface area contributed by atoms with Gasteiger partial charge in [0.1, 0.15) is 0 Å². The van der Waals surface area contributed by atoms with Crippen molar-refractivity contribution in [1.82, 2.24) is 4.90 Å². The van der Waals surface area contributed by atoms with Crippen molar-refractivity contribution >= 4 is 17.6 Å². The van der Waals surface area contributed by atoms with Crippen molar-refractivity contribution in [3.05, 3.63) is 35.9 Å². The van der Waals surface area contributed by atoms with Crippen molar-refractivity contribution in [3.63, 3.8) is 0 Å². The molecule has 1 aromatic carbocycles. The molecule has 1 aliphatic rings. The minimum absolute atomic E-state index is 0.0517. The van der Waals surface area contributed by atoms with Crippen molar-refractivity contribution in [2.24, 2.45) is 5.92 Å². The lowest BCUT2D eigenvalue weighted by molar-refractivity contribution is -0.149. The second-order valence-electron chi connectivity index (χ2n) is 5.35. The van der Waals surface area contributed by atoms with Crippen LogP contribution in [0.25, 0.3) is 0 Å². The summed E-state index contributed by atoms with van der Waals surface area (Å²) in [5, 5.41) is 0. The van der Waals surface area contributed by atoms with Gasteiger partial charge in [-0.05, 0) is 12.3 Å². The van der Waals surface area contributed by atoms with Crippen LogP contribution in [0, 0.1) is 5.92 Å². The van der Waals surface area contributed by atoms with Gasteiger partial charge in [-0.25, -0.2) is 0 Å². The van der Waals surface area contributed by atoms with E-state index in [2.05, 4.69) is 0 Å². The lowest BCUT2D eigenvalue weighted by Crippen LogP contribution is -2.43. The molecule has 0 atom stereocenters. The van der Waals surface area contributed by atoms with E-state index in [-0.39, 0.29) is 23.5 Å². The van der Waals surface area contributed by atoms with Crippen molar-refractivity contribution in [2.75, 3.05) is 6.54 Å². The van der Waals surface area contributed by atoms with Crippen molar-refractivity contribution in [3.8, 4) is 0 Å². The van der Waals surface area contributed by atoms with Gasteiger partial charge in [0.05, 0.1) is 0 Å². The third-order valence-corrected chi connectivity index (χ3v) is 3.53. The summed E-state index contributed by atoms with van der Waals surface area (Å²) < 4.78 is 0. The number of hydrogen-bond donors (Lipinski definition) is 0. The van der Waals surface area contributed by atoms with E-state index in [9.17, 15) is 14.4 Å². The fraction of sp³-hybridized carbons (Fsp3) is 0.438. The van der Waals surface area contributed by atoms with Crippen LogP contribution >= 0.6 is 0 Å². The summed E-state index contributed by atoms with van der Waals surface area (Å²) in [7, 11) is 0. The molecule has 1 aliphatic heterocycles. The normalized spacial score (nSPS) is 16.6. The van der Waals surface area contributed by atoms with Crippen LogP contribution in [0.1, 0.15) is 43.0 Å². The molecule has 4 nitrogen and oxygen atoms in total. The Hall–Kier alpha value is -1.97. The molecule has 4 heteroatoms. The van der Waals surface area contributed by atoms with Gasteiger partial charge in [0.15, 0.2) is 5.78 Å². The number of hydrogen-bond acceptors (Lipinski definition) is 3. The summed E-state index contributed by atoms with van der Waals surface area (Å²) in [6.45, 7) is 2.26. The van der Waals surface area contributed by atoms with Gasteiger partial charge in [-0.2, -0.15) is 0 Å². The molecule has 0 radical (unpaired) electrons. The van der Waals surface area contributed by atoms with Gasteiger partial charge in [-0.15, -0.1) is 0 Å². The predicted molar refractivity (Wildman–Crippen MR) is 75.1 cm³/mol. The molecule has 0 saturated carbocycles. The Morgan fingerprint density at radius 1 is 1.15 bits per heavy atom. The summed E-state index contributed by atoms with van der Waals surface area (Å²) in [5.41, 5.74) is 0.678. The van der Waals surface area contributed by atoms with E-state index in [4.69, 9.17) is 0 Å². The first-order chi connectivity index (χ1) is 9.58. The van der Waals surface area contributed by atoms with E-state index in [0.717, 1.165) is 0 Å². The Morgan fingerprint density at radius 3 is 2.35 bits per heavy atom. The largest absolute Gasteiger partial charge is 0.294 e. The summed E-state index contributed by atoms with van der Waals surface area (Å²) in [5.74, 6) is -0.0325. The number of nitrogens with zero attached hydrogens (tertiary/aromatic N) is 1. The molecule has 106 valence electrons. The fourth-order valence-electron chi connectivity index (χ4n) is 2.44. The molecular weight excluding hydrogens is 254 g/mol. The zero-order chi connectivity index (χ0) is 14.5. The van der Waals surface area contributed by atoms with Gasteiger partial charge in [-0.3, -0.25) is 19.3 Å². The minimum Gasteiger partial charge on any atom is -0.294 e. The first kappa shape index (κ1) is 14.4. The smallest absolute Gasteiger partial charge is 0.229 e. The summed E-state index contributed by atoms with van der Waals surface area (Å²) in [4.78, 5) is 36.8. The van der Waals surface area contributed by atoms with Crippen LogP contribution in [0.15, 0.2) is 30.3 Å². The molecule has 20 heavy (non-hydrogen) atoms. The van der Waals surface area contributed by atoms with Crippen LogP contribution in [-0.4, -0.2) is 29.0 Å². The molecule has 1 saturated heterocycles. The standard InChI is InChI=1S/C16H19NO3/c1-12-10-15(19)17(16(20)11-12)9-5-8-14(18)13-6-3-2-4-7-13/h2-4,6-7,12H,5,8-11H2,1H3. The number of ketones is 1. The second kappa shape index (κ2) is 6.46. The summed E-state index contributed by atoms with van der Waals surface area (Å²) in [6.07, 6.45) is 1.74. The lowest BCUT2D eigenvalue weighted by atomic mass is 9.97. The van der Waals surface area contributed by atoms with Crippen LogP contribution in [0.4, 0.5) is 0 Å².